The number of nitrogens with zero attached hydrogens (tertiary/aromatic N) is 1. The zero-order valence-electron chi connectivity index (χ0n) is 12.1. The topological polar surface area (TPSA) is 26.2 Å². The molecule has 1 aromatic carbocycles. The summed E-state index contributed by atoms with van der Waals surface area (Å²) in [5, 5.41) is 4.82. The Morgan fingerprint density at radius 1 is 1.32 bits per heavy atom. The van der Waals surface area contributed by atoms with Gasteiger partial charge in [-0.25, -0.2) is 0 Å². The summed E-state index contributed by atoms with van der Waals surface area (Å²) in [6.45, 7) is 7.08. The van der Waals surface area contributed by atoms with Gasteiger partial charge >= 0.3 is 0 Å². The number of hydrogen-bond acceptors (Lipinski definition) is 2. The standard InChI is InChI=1S/C16H24N2O/c1-4-14-6-5-7-15-8-10-18(16(14)15)11-9-17-13(2)12-19-3/h5-8,10,13,17H,4,9,11-12H2,1-3H3. The number of nitrogens with one attached hydrogen (secondary N) is 1. The van der Waals surface area contributed by atoms with E-state index < -0.39 is 0 Å². The summed E-state index contributed by atoms with van der Waals surface area (Å²) >= 11 is 0. The monoisotopic (exact) mass is 260 g/mol. The first-order valence-corrected chi connectivity index (χ1v) is 7.05. The van der Waals surface area contributed by atoms with Crippen LogP contribution in [0.25, 0.3) is 10.9 Å². The Hall–Kier alpha value is -1.32. The fourth-order valence-electron chi connectivity index (χ4n) is 2.55. The lowest BCUT2D eigenvalue weighted by Gasteiger charge is -2.14. The molecule has 3 nitrogen and oxygen atoms in total. The lowest BCUT2D eigenvalue weighted by atomic mass is 10.1. The summed E-state index contributed by atoms with van der Waals surface area (Å²) in [5.74, 6) is 0. The summed E-state index contributed by atoms with van der Waals surface area (Å²) in [4.78, 5) is 0. The number of benzene rings is 1. The molecule has 0 radical (unpaired) electrons. The van der Waals surface area contributed by atoms with E-state index in [1.807, 2.05) is 0 Å². The maximum Gasteiger partial charge on any atom is 0.0613 e. The van der Waals surface area contributed by atoms with Gasteiger partial charge in [-0.05, 0) is 30.4 Å². The molecule has 0 spiro atoms. The smallest absolute Gasteiger partial charge is 0.0613 e. The first kappa shape index (κ1) is 14.1. The van der Waals surface area contributed by atoms with Crippen LogP contribution >= 0.6 is 0 Å². The number of ether oxygens (including phenoxy) is 1. The highest BCUT2D eigenvalue weighted by atomic mass is 16.5. The van der Waals surface area contributed by atoms with Crippen molar-refractivity contribution in [3.8, 4) is 0 Å². The third-order valence-corrected chi connectivity index (χ3v) is 3.52. The van der Waals surface area contributed by atoms with Crippen LogP contribution in [0.5, 0.6) is 0 Å². The van der Waals surface area contributed by atoms with Gasteiger partial charge in [-0.1, -0.05) is 25.1 Å². The predicted octanol–water partition coefficient (Wildman–Crippen LogP) is 2.83. The SMILES string of the molecule is CCc1cccc2ccn(CCNC(C)COC)c12. The van der Waals surface area contributed by atoms with Gasteiger partial charge in [0, 0.05) is 32.4 Å². The molecule has 1 aromatic heterocycles. The van der Waals surface area contributed by atoms with Crippen LogP contribution in [0.4, 0.5) is 0 Å². The molecule has 1 N–H and O–H groups in total. The van der Waals surface area contributed by atoms with Gasteiger partial charge in [-0.3, -0.25) is 0 Å². The minimum absolute atomic E-state index is 0.400. The number of rotatable bonds is 7. The Bertz CT molecular complexity index is 518. The molecule has 0 saturated carbocycles. The molecular formula is C16H24N2O. The molecule has 1 unspecified atom stereocenters. The van der Waals surface area contributed by atoms with Crippen LogP contribution in [0.2, 0.25) is 0 Å². The quantitative estimate of drug-likeness (QED) is 0.828. The van der Waals surface area contributed by atoms with E-state index in [1.54, 1.807) is 7.11 Å². The lowest BCUT2D eigenvalue weighted by molar-refractivity contribution is 0.172. The summed E-state index contributed by atoms with van der Waals surface area (Å²) < 4.78 is 7.48. The molecule has 104 valence electrons. The minimum Gasteiger partial charge on any atom is -0.383 e. The number of aryl methyl sites for hydroxylation is 1. The summed E-state index contributed by atoms with van der Waals surface area (Å²) in [6, 6.07) is 9.15. The molecule has 0 fully saturated rings. The maximum atomic E-state index is 5.13. The van der Waals surface area contributed by atoms with Crippen molar-refractivity contribution in [2.24, 2.45) is 0 Å². The normalized spacial score (nSPS) is 13.0. The van der Waals surface area contributed by atoms with Crippen molar-refractivity contribution in [3.63, 3.8) is 0 Å². The van der Waals surface area contributed by atoms with Gasteiger partial charge in [0.2, 0.25) is 0 Å². The average molecular weight is 260 g/mol. The van der Waals surface area contributed by atoms with Crippen molar-refractivity contribution in [3.05, 3.63) is 36.0 Å². The number of aromatic nitrogens is 1. The molecule has 0 amide bonds. The van der Waals surface area contributed by atoms with Crippen LogP contribution in [0.1, 0.15) is 19.4 Å². The fraction of sp³-hybridized carbons (Fsp3) is 0.500. The maximum absolute atomic E-state index is 5.13. The number of methoxy groups -OCH3 is 1. The van der Waals surface area contributed by atoms with E-state index in [0.717, 1.165) is 26.1 Å². The van der Waals surface area contributed by atoms with Crippen molar-refractivity contribution < 1.29 is 4.74 Å². The van der Waals surface area contributed by atoms with Gasteiger partial charge < -0.3 is 14.6 Å². The molecule has 1 heterocycles. The van der Waals surface area contributed by atoms with Crippen LogP contribution in [0, 0.1) is 0 Å². The molecular weight excluding hydrogens is 236 g/mol. The molecule has 2 aromatic rings. The first-order valence-electron chi connectivity index (χ1n) is 7.05. The van der Waals surface area contributed by atoms with E-state index in [9.17, 15) is 0 Å². The zero-order valence-corrected chi connectivity index (χ0v) is 12.1. The van der Waals surface area contributed by atoms with Crippen LogP contribution in [0.15, 0.2) is 30.5 Å². The van der Waals surface area contributed by atoms with Gasteiger partial charge in [0.1, 0.15) is 0 Å². The Balaban J connectivity index is 2.05. The van der Waals surface area contributed by atoms with E-state index in [2.05, 4.69) is 54.2 Å². The molecule has 0 aliphatic heterocycles. The highest BCUT2D eigenvalue weighted by molar-refractivity contribution is 5.83. The van der Waals surface area contributed by atoms with Gasteiger partial charge in [-0.2, -0.15) is 0 Å². The second-order valence-corrected chi connectivity index (χ2v) is 5.03. The Labute approximate surface area is 115 Å². The number of para-hydroxylation sites is 1. The molecule has 0 saturated heterocycles. The number of fused-ring (bicyclic) bond motifs is 1. The second kappa shape index (κ2) is 6.73. The summed E-state index contributed by atoms with van der Waals surface area (Å²) in [7, 11) is 1.74. The fourth-order valence-corrected chi connectivity index (χ4v) is 2.55. The van der Waals surface area contributed by atoms with Crippen molar-refractivity contribution in [2.45, 2.75) is 32.9 Å². The molecule has 19 heavy (non-hydrogen) atoms. The largest absolute Gasteiger partial charge is 0.383 e. The van der Waals surface area contributed by atoms with Crippen molar-refractivity contribution in [2.75, 3.05) is 20.3 Å². The van der Waals surface area contributed by atoms with Crippen molar-refractivity contribution >= 4 is 10.9 Å². The molecule has 0 aliphatic carbocycles. The lowest BCUT2D eigenvalue weighted by Crippen LogP contribution is -2.32. The van der Waals surface area contributed by atoms with Crippen LogP contribution in [-0.4, -0.2) is 30.9 Å². The van der Waals surface area contributed by atoms with E-state index in [1.165, 1.54) is 16.5 Å². The highest BCUT2D eigenvalue weighted by Crippen LogP contribution is 2.20. The zero-order chi connectivity index (χ0) is 13.7. The molecule has 3 heteroatoms. The van der Waals surface area contributed by atoms with E-state index in [4.69, 9.17) is 4.74 Å². The Morgan fingerprint density at radius 2 is 2.16 bits per heavy atom. The van der Waals surface area contributed by atoms with Crippen molar-refractivity contribution in [1.29, 1.82) is 0 Å². The van der Waals surface area contributed by atoms with E-state index >= 15 is 0 Å². The van der Waals surface area contributed by atoms with Gasteiger partial charge in [0.25, 0.3) is 0 Å². The van der Waals surface area contributed by atoms with Gasteiger partial charge in [0.15, 0.2) is 0 Å². The van der Waals surface area contributed by atoms with Crippen LogP contribution in [-0.2, 0) is 17.7 Å². The first-order chi connectivity index (χ1) is 9.26. The summed E-state index contributed by atoms with van der Waals surface area (Å²) in [5.41, 5.74) is 2.80. The Kier molecular flexibility index (Phi) is 5.00. The second-order valence-electron chi connectivity index (χ2n) is 5.03. The van der Waals surface area contributed by atoms with Crippen LogP contribution < -0.4 is 5.32 Å². The van der Waals surface area contributed by atoms with Crippen molar-refractivity contribution in [1.82, 2.24) is 9.88 Å². The third-order valence-electron chi connectivity index (χ3n) is 3.52. The van der Waals surface area contributed by atoms with Gasteiger partial charge in [0.05, 0.1) is 12.1 Å². The van der Waals surface area contributed by atoms with E-state index in [0.29, 0.717) is 6.04 Å². The minimum atomic E-state index is 0.400. The molecule has 0 bridgehead atoms. The average Bonchev–Trinajstić information content (AvgIpc) is 2.82. The molecule has 2 rings (SSSR count). The Morgan fingerprint density at radius 3 is 2.89 bits per heavy atom. The third kappa shape index (κ3) is 3.37. The molecule has 0 aliphatic rings. The van der Waals surface area contributed by atoms with Gasteiger partial charge in [-0.15, -0.1) is 0 Å². The molecule has 1 atom stereocenters. The summed E-state index contributed by atoms with van der Waals surface area (Å²) in [6.07, 6.45) is 3.27. The predicted molar refractivity (Wildman–Crippen MR) is 80.7 cm³/mol. The highest BCUT2D eigenvalue weighted by Gasteiger charge is 2.05. The van der Waals surface area contributed by atoms with E-state index in [-0.39, 0.29) is 0 Å². The number of hydrogen-bond donors (Lipinski definition) is 1. The van der Waals surface area contributed by atoms with Crippen LogP contribution in [0.3, 0.4) is 0 Å².